The second kappa shape index (κ2) is 10.2. The number of hydrogen-bond donors (Lipinski definition) is 2. The summed E-state index contributed by atoms with van der Waals surface area (Å²) in [6, 6.07) is 16.9. The average molecular weight is 458 g/mol. The molecule has 0 bridgehead atoms. The number of carbonyl (C=O) groups is 1. The lowest BCUT2D eigenvalue weighted by molar-refractivity contribution is 0.0950. The van der Waals surface area contributed by atoms with Gasteiger partial charge in [-0.25, -0.2) is 10.1 Å². The van der Waals surface area contributed by atoms with Crippen LogP contribution in [-0.4, -0.2) is 44.0 Å². The van der Waals surface area contributed by atoms with E-state index in [1.54, 1.807) is 30.5 Å². The van der Waals surface area contributed by atoms with Gasteiger partial charge in [-0.2, -0.15) is 9.78 Å². The van der Waals surface area contributed by atoms with Crippen molar-refractivity contribution in [2.24, 2.45) is 5.10 Å². The van der Waals surface area contributed by atoms with Gasteiger partial charge in [-0.3, -0.25) is 4.79 Å². The summed E-state index contributed by atoms with van der Waals surface area (Å²) in [6.45, 7) is 4.31. The third-order valence-electron chi connectivity index (χ3n) is 4.65. The Hall–Kier alpha value is -4.80. The fourth-order valence-electron chi connectivity index (χ4n) is 3.15. The van der Waals surface area contributed by atoms with Crippen LogP contribution in [0.15, 0.2) is 69.9 Å². The molecule has 4 aromatic rings. The van der Waals surface area contributed by atoms with E-state index in [0.717, 1.165) is 11.1 Å². The predicted molar refractivity (Wildman–Crippen MR) is 126 cm³/mol. The lowest BCUT2D eigenvalue weighted by Crippen LogP contribution is -2.19. The molecule has 3 N–H and O–H groups in total. The van der Waals surface area contributed by atoms with Crippen LogP contribution in [-0.2, 0) is 0 Å². The van der Waals surface area contributed by atoms with Crippen molar-refractivity contribution in [1.82, 2.24) is 30.7 Å². The van der Waals surface area contributed by atoms with Gasteiger partial charge in [0.1, 0.15) is 11.4 Å². The van der Waals surface area contributed by atoms with E-state index >= 15 is 0 Å². The minimum Gasteiger partial charge on any atom is -0.494 e. The fraction of sp³-hybridized carbons (Fsp3) is 0.130. The smallest absolute Gasteiger partial charge is 0.294 e. The Morgan fingerprint density at radius 3 is 2.62 bits per heavy atom. The number of allylic oxidation sites excluding steroid dienone is 1. The first-order valence-electron chi connectivity index (χ1n) is 10.4. The van der Waals surface area contributed by atoms with Crippen LogP contribution in [0, 0.1) is 0 Å². The Balaban J connectivity index is 1.62. The average Bonchev–Trinajstić information content (AvgIpc) is 3.46. The zero-order chi connectivity index (χ0) is 23.9. The summed E-state index contributed by atoms with van der Waals surface area (Å²) < 4.78 is 11.5. The van der Waals surface area contributed by atoms with Crippen molar-refractivity contribution in [2.75, 3.05) is 12.3 Å². The van der Waals surface area contributed by atoms with Crippen LogP contribution in [0.3, 0.4) is 0 Å². The SMILES string of the molecule is CCOc1ccc(-c2c(C(=O)N/N=C/C(C)=C/c3ccccc3)nnn2-c2nonc2N)cc1. The Morgan fingerprint density at radius 2 is 1.94 bits per heavy atom. The van der Waals surface area contributed by atoms with Crippen molar-refractivity contribution in [3.05, 3.63) is 71.4 Å². The molecule has 1 amide bonds. The van der Waals surface area contributed by atoms with Gasteiger partial charge < -0.3 is 10.5 Å². The number of rotatable bonds is 8. The molecule has 0 aliphatic rings. The van der Waals surface area contributed by atoms with E-state index in [4.69, 9.17) is 10.5 Å². The summed E-state index contributed by atoms with van der Waals surface area (Å²) in [5, 5.41) is 19.5. The van der Waals surface area contributed by atoms with E-state index < -0.39 is 5.91 Å². The van der Waals surface area contributed by atoms with Gasteiger partial charge in [-0.05, 0) is 59.6 Å². The third-order valence-corrected chi connectivity index (χ3v) is 4.65. The fourth-order valence-corrected chi connectivity index (χ4v) is 3.15. The summed E-state index contributed by atoms with van der Waals surface area (Å²) in [7, 11) is 0. The number of nitrogens with two attached hydrogens (primary N) is 1. The summed E-state index contributed by atoms with van der Waals surface area (Å²) in [6.07, 6.45) is 3.49. The van der Waals surface area contributed by atoms with Gasteiger partial charge in [0.15, 0.2) is 5.69 Å². The van der Waals surface area contributed by atoms with Gasteiger partial charge in [0.2, 0.25) is 11.6 Å². The minimum atomic E-state index is -0.561. The number of nitrogens with one attached hydrogen (secondary N) is 1. The summed E-state index contributed by atoms with van der Waals surface area (Å²) in [4.78, 5) is 12.9. The molecule has 11 nitrogen and oxygen atoms in total. The minimum absolute atomic E-state index is 0.00346. The maximum absolute atomic E-state index is 12.9. The number of ether oxygens (including phenoxy) is 1. The van der Waals surface area contributed by atoms with Crippen LogP contribution < -0.4 is 15.9 Å². The highest BCUT2D eigenvalue weighted by atomic mass is 16.6. The van der Waals surface area contributed by atoms with E-state index in [9.17, 15) is 4.79 Å². The van der Waals surface area contributed by atoms with E-state index in [-0.39, 0.29) is 17.3 Å². The lowest BCUT2D eigenvalue weighted by Gasteiger charge is -2.07. The molecule has 2 aromatic carbocycles. The normalized spacial score (nSPS) is 11.6. The maximum atomic E-state index is 12.9. The highest BCUT2D eigenvalue weighted by Gasteiger charge is 2.25. The second-order valence-corrected chi connectivity index (χ2v) is 7.13. The Kier molecular flexibility index (Phi) is 6.73. The van der Waals surface area contributed by atoms with Gasteiger partial charge in [0.05, 0.1) is 12.8 Å². The van der Waals surface area contributed by atoms with Crippen LogP contribution >= 0.6 is 0 Å². The van der Waals surface area contributed by atoms with Crippen LogP contribution in [0.4, 0.5) is 5.82 Å². The van der Waals surface area contributed by atoms with Crippen molar-refractivity contribution in [2.45, 2.75) is 13.8 Å². The van der Waals surface area contributed by atoms with Crippen LogP contribution in [0.1, 0.15) is 29.9 Å². The third kappa shape index (κ3) is 4.99. The number of aromatic nitrogens is 5. The summed E-state index contributed by atoms with van der Waals surface area (Å²) >= 11 is 0. The maximum Gasteiger partial charge on any atom is 0.294 e. The van der Waals surface area contributed by atoms with Gasteiger partial charge in [-0.1, -0.05) is 41.6 Å². The van der Waals surface area contributed by atoms with Crippen LogP contribution in [0.25, 0.3) is 23.2 Å². The van der Waals surface area contributed by atoms with Gasteiger partial charge in [0, 0.05) is 5.56 Å². The molecule has 2 aromatic heterocycles. The molecule has 172 valence electrons. The first-order valence-corrected chi connectivity index (χ1v) is 10.4. The van der Waals surface area contributed by atoms with E-state index in [1.165, 1.54) is 4.68 Å². The van der Waals surface area contributed by atoms with Crippen LogP contribution in [0.2, 0.25) is 0 Å². The Labute approximate surface area is 194 Å². The number of hydrazone groups is 1. The van der Waals surface area contributed by atoms with Gasteiger partial charge in [-0.15, -0.1) is 5.10 Å². The van der Waals surface area contributed by atoms with Crippen molar-refractivity contribution < 1.29 is 14.2 Å². The van der Waals surface area contributed by atoms with E-state index in [1.807, 2.05) is 50.3 Å². The largest absolute Gasteiger partial charge is 0.494 e. The molecule has 0 saturated carbocycles. The zero-order valence-electron chi connectivity index (χ0n) is 18.5. The first kappa shape index (κ1) is 22.4. The first-order chi connectivity index (χ1) is 16.6. The van der Waals surface area contributed by atoms with Crippen LogP contribution in [0.5, 0.6) is 5.75 Å². The summed E-state index contributed by atoms with van der Waals surface area (Å²) in [5.74, 6) is 0.238. The van der Waals surface area contributed by atoms with Crippen molar-refractivity contribution in [3.8, 4) is 22.8 Å². The van der Waals surface area contributed by atoms with Gasteiger partial charge in [0.25, 0.3) is 5.91 Å². The highest BCUT2D eigenvalue weighted by molar-refractivity contribution is 5.99. The molecule has 0 aliphatic carbocycles. The molecule has 4 rings (SSSR count). The predicted octanol–water partition coefficient (Wildman–Crippen LogP) is 3.12. The zero-order valence-corrected chi connectivity index (χ0v) is 18.5. The molecular formula is C23H22N8O3. The molecule has 0 fully saturated rings. The number of benzene rings is 2. The number of hydrogen-bond acceptors (Lipinski definition) is 9. The monoisotopic (exact) mass is 458 g/mol. The molecule has 0 spiro atoms. The molecule has 0 atom stereocenters. The van der Waals surface area contributed by atoms with Crippen molar-refractivity contribution >= 4 is 24.0 Å². The quantitative estimate of drug-likeness (QED) is 0.302. The standard InChI is InChI=1S/C23H22N8O3/c1-3-33-18-11-9-17(10-12-18)20-19(26-30-31(20)22-21(24)28-34-29-22)23(32)27-25-14-15(2)13-16-7-5-4-6-8-16/h4-14H,3H2,1-2H3,(H2,24,28)(H,27,32)/b15-13+,25-14+. The molecule has 0 radical (unpaired) electrons. The number of nitrogen functional groups attached to an aromatic ring is 1. The van der Waals surface area contributed by atoms with E-state index in [0.29, 0.717) is 23.6 Å². The second-order valence-electron chi connectivity index (χ2n) is 7.13. The van der Waals surface area contributed by atoms with Crippen molar-refractivity contribution in [3.63, 3.8) is 0 Å². The molecule has 2 heterocycles. The summed E-state index contributed by atoms with van der Waals surface area (Å²) in [5.41, 5.74) is 11.2. The highest BCUT2D eigenvalue weighted by Crippen LogP contribution is 2.28. The molecule has 0 saturated heterocycles. The number of carbonyl (C=O) groups excluding carboxylic acids is 1. The van der Waals surface area contributed by atoms with Crippen molar-refractivity contribution in [1.29, 1.82) is 0 Å². The number of amides is 1. The molecule has 0 unspecified atom stereocenters. The molecular weight excluding hydrogens is 436 g/mol. The Morgan fingerprint density at radius 1 is 1.18 bits per heavy atom. The number of anilines is 1. The number of nitrogens with zero attached hydrogens (tertiary/aromatic N) is 6. The molecule has 34 heavy (non-hydrogen) atoms. The molecule has 11 heteroatoms. The van der Waals surface area contributed by atoms with Gasteiger partial charge >= 0.3 is 0 Å². The van der Waals surface area contributed by atoms with E-state index in [2.05, 4.69) is 35.8 Å². The Bertz CT molecular complexity index is 1320. The molecule has 0 aliphatic heterocycles. The lowest BCUT2D eigenvalue weighted by atomic mass is 10.1. The topological polar surface area (TPSA) is 146 Å².